The smallest absolute Gasteiger partial charge is 0.283 e. The molecule has 0 bridgehead atoms. The second-order valence-electron chi connectivity index (χ2n) is 5.06. The van der Waals surface area contributed by atoms with Crippen molar-refractivity contribution in [2.24, 2.45) is 0 Å². The third-order valence-electron chi connectivity index (χ3n) is 3.09. The van der Waals surface area contributed by atoms with Crippen molar-refractivity contribution in [2.75, 3.05) is 11.9 Å². The molecule has 2 heterocycles. The van der Waals surface area contributed by atoms with Crippen molar-refractivity contribution in [2.45, 2.75) is 25.7 Å². The Morgan fingerprint density at radius 3 is 2.40 bits per heavy atom. The molecule has 0 radical (unpaired) electrons. The lowest BCUT2D eigenvalue weighted by Crippen LogP contribution is -2.28. The summed E-state index contributed by atoms with van der Waals surface area (Å²) < 4.78 is 25.6. The number of rotatable bonds is 5. The number of hydrogen-bond acceptors (Lipinski definition) is 4. The minimum atomic E-state index is -2.64. The summed E-state index contributed by atoms with van der Waals surface area (Å²) >= 11 is 0. The van der Waals surface area contributed by atoms with Crippen LogP contribution in [-0.4, -0.2) is 21.5 Å². The summed E-state index contributed by atoms with van der Waals surface area (Å²) in [6.45, 7) is 4.51. The van der Waals surface area contributed by atoms with Gasteiger partial charge in [-0.1, -0.05) is 13.8 Å². The SMILES string of the molecule is CC(C)(CNc1nccnc1C(F)F)c1ccncc1. The molecule has 0 atom stereocenters. The van der Waals surface area contributed by atoms with Gasteiger partial charge < -0.3 is 5.32 Å². The maximum Gasteiger partial charge on any atom is 0.283 e. The molecule has 0 unspecified atom stereocenters. The van der Waals surface area contributed by atoms with Crippen LogP contribution < -0.4 is 5.32 Å². The van der Waals surface area contributed by atoms with Gasteiger partial charge in [0, 0.05) is 36.7 Å². The first-order chi connectivity index (χ1) is 9.50. The average molecular weight is 278 g/mol. The number of anilines is 1. The summed E-state index contributed by atoms with van der Waals surface area (Å²) in [5, 5.41) is 2.96. The fourth-order valence-electron chi connectivity index (χ4n) is 1.85. The van der Waals surface area contributed by atoms with Crippen LogP contribution in [0.1, 0.15) is 31.5 Å². The predicted molar refractivity (Wildman–Crippen MR) is 72.7 cm³/mol. The molecule has 2 aromatic heterocycles. The zero-order valence-electron chi connectivity index (χ0n) is 11.3. The van der Waals surface area contributed by atoms with Gasteiger partial charge in [0.05, 0.1) is 0 Å². The summed E-state index contributed by atoms with van der Waals surface area (Å²) in [6, 6.07) is 3.82. The van der Waals surface area contributed by atoms with E-state index in [1.807, 2.05) is 26.0 Å². The van der Waals surface area contributed by atoms with Crippen LogP contribution in [0.4, 0.5) is 14.6 Å². The first kappa shape index (κ1) is 14.3. The topological polar surface area (TPSA) is 50.7 Å². The van der Waals surface area contributed by atoms with E-state index in [0.29, 0.717) is 6.54 Å². The van der Waals surface area contributed by atoms with Gasteiger partial charge in [-0.15, -0.1) is 0 Å². The molecule has 0 amide bonds. The summed E-state index contributed by atoms with van der Waals surface area (Å²) in [5.74, 6) is 0.129. The lowest BCUT2D eigenvalue weighted by Gasteiger charge is -2.26. The van der Waals surface area contributed by atoms with Crippen LogP contribution in [0.2, 0.25) is 0 Å². The Bertz CT molecular complexity index is 558. The van der Waals surface area contributed by atoms with Gasteiger partial charge in [0.2, 0.25) is 0 Å². The highest BCUT2D eigenvalue weighted by Gasteiger charge is 2.22. The molecule has 0 aliphatic carbocycles. The summed E-state index contributed by atoms with van der Waals surface area (Å²) in [7, 11) is 0. The third kappa shape index (κ3) is 3.26. The third-order valence-corrected chi connectivity index (χ3v) is 3.09. The first-order valence-corrected chi connectivity index (χ1v) is 6.24. The van der Waals surface area contributed by atoms with Crippen molar-refractivity contribution in [3.63, 3.8) is 0 Å². The van der Waals surface area contributed by atoms with Crippen molar-refractivity contribution in [3.8, 4) is 0 Å². The Kier molecular flexibility index (Phi) is 4.22. The quantitative estimate of drug-likeness (QED) is 0.912. The van der Waals surface area contributed by atoms with E-state index in [1.165, 1.54) is 12.4 Å². The molecule has 2 aromatic rings. The first-order valence-electron chi connectivity index (χ1n) is 6.24. The molecule has 20 heavy (non-hydrogen) atoms. The Morgan fingerprint density at radius 2 is 1.75 bits per heavy atom. The normalized spacial score (nSPS) is 11.7. The lowest BCUT2D eigenvalue weighted by atomic mass is 9.85. The number of alkyl halides is 2. The summed E-state index contributed by atoms with van der Waals surface area (Å²) in [6.07, 6.45) is 3.44. The Hall–Kier alpha value is -2.11. The minimum Gasteiger partial charge on any atom is -0.368 e. The van der Waals surface area contributed by atoms with E-state index in [1.54, 1.807) is 12.4 Å². The number of nitrogens with one attached hydrogen (secondary N) is 1. The molecule has 2 rings (SSSR count). The molecule has 6 heteroatoms. The molecule has 106 valence electrons. The van der Waals surface area contributed by atoms with E-state index in [2.05, 4.69) is 20.3 Å². The number of halogens is 2. The molecular weight excluding hydrogens is 262 g/mol. The molecule has 0 fully saturated rings. The van der Waals surface area contributed by atoms with Crippen LogP contribution >= 0.6 is 0 Å². The van der Waals surface area contributed by atoms with Crippen LogP contribution in [0.3, 0.4) is 0 Å². The van der Waals surface area contributed by atoms with Gasteiger partial charge in [0.25, 0.3) is 6.43 Å². The number of hydrogen-bond donors (Lipinski definition) is 1. The highest BCUT2D eigenvalue weighted by atomic mass is 19.3. The zero-order chi connectivity index (χ0) is 14.6. The number of aromatic nitrogens is 3. The Balaban J connectivity index is 2.13. The fraction of sp³-hybridized carbons (Fsp3) is 0.357. The highest BCUT2D eigenvalue weighted by molar-refractivity contribution is 5.41. The van der Waals surface area contributed by atoms with Gasteiger partial charge in [0.1, 0.15) is 5.69 Å². The van der Waals surface area contributed by atoms with Gasteiger partial charge in [-0.2, -0.15) is 0 Å². The average Bonchev–Trinajstić information content (AvgIpc) is 2.46. The van der Waals surface area contributed by atoms with Crippen molar-refractivity contribution in [1.29, 1.82) is 0 Å². The van der Waals surface area contributed by atoms with Gasteiger partial charge >= 0.3 is 0 Å². The lowest BCUT2D eigenvalue weighted by molar-refractivity contribution is 0.146. The monoisotopic (exact) mass is 278 g/mol. The number of nitrogens with zero attached hydrogens (tertiary/aromatic N) is 3. The van der Waals surface area contributed by atoms with Crippen LogP contribution in [0.5, 0.6) is 0 Å². The second kappa shape index (κ2) is 5.90. The largest absolute Gasteiger partial charge is 0.368 e. The minimum absolute atomic E-state index is 0.129. The van der Waals surface area contributed by atoms with Crippen LogP contribution in [-0.2, 0) is 5.41 Å². The predicted octanol–water partition coefficient (Wildman–Crippen LogP) is 3.20. The van der Waals surface area contributed by atoms with Crippen molar-refractivity contribution >= 4 is 5.82 Å². The van der Waals surface area contributed by atoms with Gasteiger partial charge in [-0.25, -0.2) is 18.7 Å². The molecule has 0 saturated carbocycles. The van der Waals surface area contributed by atoms with E-state index >= 15 is 0 Å². The van der Waals surface area contributed by atoms with E-state index < -0.39 is 6.43 Å². The van der Waals surface area contributed by atoms with Gasteiger partial charge in [-0.05, 0) is 17.7 Å². The van der Waals surface area contributed by atoms with E-state index in [-0.39, 0.29) is 16.9 Å². The van der Waals surface area contributed by atoms with Gasteiger partial charge in [0.15, 0.2) is 5.82 Å². The van der Waals surface area contributed by atoms with E-state index in [0.717, 1.165) is 5.56 Å². The van der Waals surface area contributed by atoms with Crippen LogP contribution in [0, 0.1) is 0 Å². The Labute approximate surface area is 116 Å². The summed E-state index contributed by atoms with van der Waals surface area (Å²) in [5.41, 5.74) is 0.514. The maximum absolute atomic E-state index is 12.8. The second-order valence-corrected chi connectivity index (χ2v) is 5.06. The van der Waals surface area contributed by atoms with Crippen LogP contribution in [0.15, 0.2) is 36.9 Å². The van der Waals surface area contributed by atoms with E-state index in [4.69, 9.17) is 0 Å². The molecule has 1 N–H and O–H groups in total. The van der Waals surface area contributed by atoms with Crippen LogP contribution in [0.25, 0.3) is 0 Å². The fourth-order valence-corrected chi connectivity index (χ4v) is 1.85. The summed E-state index contributed by atoms with van der Waals surface area (Å²) in [4.78, 5) is 11.6. The van der Waals surface area contributed by atoms with Crippen molar-refractivity contribution in [1.82, 2.24) is 15.0 Å². The molecule has 0 aliphatic heterocycles. The standard InChI is InChI=1S/C14H16F2N4/c1-14(2,10-3-5-17-6-4-10)9-20-13-11(12(15)16)18-7-8-19-13/h3-8,12H,9H2,1-2H3,(H,19,20). The van der Waals surface area contributed by atoms with E-state index in [9.17, 15) is 8.78 Å². The van der Waals surface area contributed by atoms with Crippen molar-refractivity contribution < 1.29 is 8.78 Å². The van der Waals surface area contributed by atoms with Crippen molar-refractivity contribution in [3.05, 3.63) is 48.2 Å². The zero-order valence-corrected chi connectivity index (χ0v) is 11.3. The molecule has 0 aromatic carbocycles. The highest BCUT2D eigenvalue weighted by Crippen LogP contribution is 2.26. The molecule has 4 nitrogen and oxygen atoms in total. The van der Waals surface area contributed by atoms with Gasteiger partial charge in [-0.3, -0.25) is 4.98 Å². The molecule has 0 saturated heterocycles. The Morgan fingerprint density at radius 1 is 1.10 bits per heavy atom. The molecular formula is C14H16F2N4. The number of pyridine rings is 1. The molecule has 0 spiro atoms. The maximum atomic E-state index is 12.8. The molecule has 0 aliphatic rings.